The summed E-state index contributed by atoms with van der Waals surface area (Å²) in [6.45, 7) is 0. The minimum absolute atomic E-state index is 0.204. The summed E-state index contributed by atoms with van der Waals surface area (Å²) in [6, 6.07) is 5.83. The molecule has 0 aliphatic heterocycles. The highest BCUT2D eigenvalue weighted by Crippen LogP contribution is 2.20. The Kier molecular flexibility index (Phi) is 4.65. The van der Waals surface area contributed by atoms with Crippen LogP contribution in [0, 0.1) is 0 Å². The number of benzene rings is 1. The van der Waals surface area contributed by atoms with Crippen molar-refractivity contribution in [2.45, 2.75) is 11.3 Å². The first-order chi connectivity index (χ1) is 7.58. The molecule has 0 radical (unpaired) electrons. The third-order valence-corrected chi connectivity index (χ3v) is 2.71. The minimum atomic E-state index is -0.834. The molecule has 1 aromatic carbocycles. The second-order valence-corrected chi connectivity index (χ2v) is 4.17. The lowest BCUT2D eigenvalue weighted by Gasteiger charge is -2.01. The highest BCUT2D eigenvalue weighted by Gasteiger charge is 2.03. The van der Waals surface area contributed by atoms with Crippen molar-refractivity contribution in [2.24, 2.45) is 5.73 Å². The smallest absolute Gasteiger partial charge is 0.318 e. The van der Waals surface area contributed by atoms with Gasteiger partial charge in [0.25, 0.3) is 0 Å². The SMILES string of the molecule is NC(=O)NC(=O)CCSc1ccc(O)cc1. The number of imide groups is 1. The summed E-state index contributed by atoms with van der Waals surface area (Å²) >= 11 is 1.46. The number of rotatable bonds is 4. The Morgan fingerprint density at radius 3 is 2.50 bits per heavy atom. The summed E-state index contributed by atoms with van der Waals surface area (Å²) in [4.78, 5) is 22.3. The number of phenolic OH excluding ortho intramolecular Hbond substituents is 1. The van der Waals surface area contributed by atoms with Crippen LogP contribution >= 0.6 is 11.8 Å². The molecule has 0 spiro atoms. The van der Waals surface area contributed by atoms with Crippen molar-refractivity contribution in [2.75, 3.05) is 5.75 Å². The van der Waals surface area contributed by atoms with E-state index in [1.54, 1.807) is 24.3 Å². The molecule has 0 heterocycles. The number of primary amides is 1. The lowest BCUT2D eigenvalue weighted by atomic mass is 10.3. The molecule has 86 valence electrons. The van der Waals surface area contributed by atoms with Gasteiger partial charge in [-0.05, 0) is 24.3 Å². The van der Waals surface area contributed by atoms with Gasteiger partial charge in [0.1, 0.15) is 5.75 Å². The van der Waals surface area contributed by atoms with Gasteiger partial charge in [0.2, 0.25) is 5.91 Å². The fourth-order valence-electron chi connectivity index (χ4n) is 1.00. The van der Waals surface area contributed by atoms with Crippen LogP contribution in [0.5, 0.6) is 5.75 Å². The molecule has 16 heavy (non-hydrogen) atoms. The van der Waals surface area contributed by atoms with Gasteiger partial charge in [-0.2, -0.15) is 0 Å². The van der Waals surface area contributed by atoms with Crippen LogP contribution in [0.3, 0.4) is 0 Å². The van der Waals surface area contributed by atoms with Crippen LogP contribution in [0.25, 0.3) is 0 Å². The Labute approximate surface area is 97.0 Å². The molecule has 0 unspecified atom stereocenters. The van der Waals surface area contributed by atoms with Gasteiger partial charge in [-0.1, -0.05) is 0 Å². The van der Waals surface area contributed by atoms with Crippen molar-refractivity contribution in [3.8, 4) is 5.75 Å². The van der Waals surface area contributed by atoms with Crippen LogP contribution in [0.1, 0.15) is 6.42 Å². The molecule has 6 heteroatoms. The highest BCUT2D eigenvalue weighted by molar-refractivity contribution is 7.99. The number of carbonyl (C=O) groups is 2. The van der Waals surface area contributed by atoms with Crippen LogP contribution in [0.15, 0.2) is 29.2 Å². The number of amides is 3. The molecule has 0 aliphatic rings. The largest absolute Gasteiger partial charge is 0.508 e. The van der Waals surface area contributed by atoms with Gasteiger partial charge in [-0.15, -0.1) is 11.8 Å². The number of carbonyl (C=O) groups excluding carboxylic acids is 2. The van der Waals surface area contributed by atoms with Crippen LogP contribution in [0.2, 0.25) is 0 Å². The van der Waals surface area contributed by atoms with E-state index in [0.717, 1.165) is 4.90 Å². The van der Waals surface area contributed by atoms with Crippen LogP contribution < -0.4 is 11.1 Å². The number of hydrogen-bond donors (Lipinski definition) is 3. The summed E-state index contributed by atoms with van der Waals surface area (Å²) in [7, 11) is 0. The van der Waals surface area contributed by atoms with E-state index in [1.807, 2.05) is 5.32 Å². The van der Waals surface area contributed by atoms with E-state index in [4.69, 9.17) is 10.8 Å². The normalized spacial score (nSPS) is 9.75. The van der Waals surface area contributed by atoms with Gasteiger partial charge in [0.05, 0.1) is 0 Å². The predicted octanol–water partition coefficient (Wildman–Crippen LogP) is 1.07. The summed E-state index contributed by atoms with van der Waals surface area (Å²) in [5.74, 6) is 0.360. The molecule has 0 aliphatic carbocycles. The second kappa shape index (κ2) is 6.02. The molecule has 3 amide bonds. The molecular formula is C10H12N2O3S. The molecule has 0 saturated heterocycles. The van der Waals surface area contributed by atoms with Crippen molar-refractivity contribution >= 4 is 23.7 Å². The lowest BCUT2D eigenvalue weighted by molar-refractivity contribution is -0.119. The fraction of sp³-hybridized carbons (Fsp3) is 0.200. The zero-order chi connectivity index (χ0) is 12.0. The third-order valence-electron chi connectivity index (χ3n) is 1.70. The van der Waals surface area contributed by atoms with E-state index in [2.05, 4.69) is 0 Å². The zero-order valence-corrected chi connectivity index (χ0v) is 9.29. The molecule has 0 saturated carbocycles. The second-order valence-electron chi connectivity index (χ2n) is 3.00. The van der Waals surface area contributed by atoms with Gasteiger partial charge >= 0.3 is 6.03 Å². The number of nitrogens with one attached hydrogen (secondary N) is 1. The van der Waals surface area contributed by atoms with Crippen molar-refractivity contribution in [1.82, 2.24) is 5.32 Å². The van der Waals surface area contributed by atoms with E-state index >= 15 is 0 Å². The van der Waals surface area contributed by atoms with Crippen LogP contribution in [-0.2, 0) is 4.79 Å². The quantitative estimate of drug-likeness (QED) is 0.686. The first-order valence-corrected chi connectivity index (χ1v) is 5.57. The van der Waals surface area contributed by atoms with Gasteiger partial charge in [-0.3, -0.25) is 10.1 Å². The molecule has 4 N–H and O–H groups in total. The Hall–Kier alpha value is -1.69. The third kappa shape index (κ3) is 4.70. The summed E-state index contributed by atoms with van der Waals surface area (Å²) in [5.41, 5.74) is 4.79. The maximum atomic E-state index is 11.0. The zero-order valence-electron chi connectivity index (χ0n) is 8.47. The van der Waals surface area contributed by atoms with E-state index in [-0.39, 0.29) is 12.2 Å². The number of thioether (sulfide) groups is 1. The Morgan fingerprint density at radius 2 is 1.94 bits per heavy atom. The highest BCUT2D eigenvalue weighted by atomic mass is 32.2. The molecule has 0 bridgehead atoms. The van der Waals surface area contributed by atoms with Crippen LogP contribution in [0.4, 0.5) is 4.79 Å². The average Bonchev–Trinajstić information content (AvgIpc) is 2.20. The number of hydrogen-bond acceptors (Lipinski definition) is 4. The topological polar surface area (TPSA) is 92.4 Å². The molecule has 0 fully saturated rings. The minimum Gasteiger partial charge on any atom is -0.508 e. The number of aromatic hydroxyl groups is 1. The van der Waals surface area contributed by atoms with Crippen molar-refractivity contribution < 1.29 is 14.7 Å². The molecule has 0 aromatic heterocycles. The first-order valence-electron chi connectivity index (χ1n) is 4.59. The monoisotopic (exact) mass is 240 g/mol. The maximum Gasteiger partial charge on any atom is 0.318 e. The number of phenols is 1. The summed E-state index contributed by atoms with van der Waals surface area (Å²) in [5, 5.41) is 11.0. The van der Waals surface area contributed by atoms with E-state index in [1.165, 1.54) is 11.8 Å². The van der Waals surface area contributed by atoms with Crippen molar-refractivity contribution in [1.29, 1.82) is 0 Å². The van der Waals surface area contributed by atoms with Crippen LogP contribution in [-0.4, -0.2) is 22.8 Å². The van der Waals surface area contributed by atoms with Crippen molar-refractivity contribution in [3.63, 3.8) is 0 Å². The van der Waals surface area contributed by atoms with Crippen molar-refractivity contribution in [3.05, 3.63) is 24.3 Å². The Balaban J connectivity index is 2.28. The van der Waals surface area contributed by atoms with E-state index < -0.39 is 11.9 Å². The summed E-state index contributed by atoms with van der Waals surface area (Å²) in [6.07, 6.45) is 0.217. The number of urea groups is 1. The van der Waals surface area contributed by atoms with Gasteiger partial charge in [-0.25, -0.2) is 4.79 Å². The van der Waals surface area contributed by atoms with Gasteiger partial charge < -0.3 is 10.8 Å². The summed E-state index contributed by atoms with van der Waals surface area (Å²) < 4.78 is 0. The maximum absolute atomic E-state index is 11.0. The Bertz CT molecular complexity index is 378. The molecule has 1 aromatic rings. The van der Waals surface area contributed by atoms with E-state index in [0.29, 0.717) is 5.75 Å². The fourth-order valence-corrected chi connectivity index (χ4v) is 1.86. The molecule has 5 nitrogen and oxygen atoms in total. The number of nitrogens with two attached hydrogens (primary N) is 1. The molecule has 0 atom stereocenters. The van der Waals surface area contributed by atoms with E-state index in [9.17, 15) is 9.59 Å². The van der Waals surface area contributed by atoms with Gasteiger partial charge in [0, 0.05) is 17.1 Å². The lowest BCUT2D eigenvalue weighted by Crippen LogP contribution is -2.35. The standard InChI is InChI=1S/C10H12N2O3S/c11-10(15)12-9(14)5-6-16-8-3-1-7(13)2-4-8/h1-4,13H,5-6H2,(H3,11,12,14,15). The van der Waals surface area contributed by atoms with Gasteiger partial charge in [0.15, 0.2) is 0 Å². The molecule has 1 rings (SSSR count). The average molecular weight is 240 g/mol. The molecular weight excluding hydrogens is 228 g/mol. The predicted molar refractivity (Wildman–Crippen MR) is 61.2 cm³/mol. The Morgan fingerprint density at radius 1 is 1.31 bits per heavy atom. The first kappa shape index (κ1) is 12.4.